The highest BCUT2D eigenvalue weighted by Gasteiger charge is 2.06. The van der Waals surface area contributed by atoms with Crippen molar-refractivity contribution in [3.05, 3.63) is 45.4 Å². The maximum Gasteiger partial charge on any atom is 0.0900 e. The Morgan fingerprint density at radius 3 is 2.79 bits per heavy atom. The zero-order chi connectivity index (χ0) is 13.8. The normalized spacial score (nSPS) is 12.4. The van der Waals surface area contributed by atoms with Crippen LogP contribution >= 0.6 is 11.3 Å². The average molecular weight is 276 g/mol. The second kappa shape index (κ2) is 6.17. The van der Waals surface area contributed by atoms with Gasteiger partial charge < -0.3 is 10.1 Å². The van der Waals surface area contributed by atoms with E-state index in [1.54, 1.807) is 18.4 Å². The highest BCUT2D eigenvalue weighted by Crippen LogP contribution is 2.22. The van der Waals surface area contributed by atoms with Gasteiger partial charge in [0, 0.05) is 17.7 Å². The molecular weight excluding hydrogens is 256 g/mol. The number of aryl methyl sites for hydroxylation is 2. The first kappa shape index (κ1) is 14.0. The van der Waals surface area contributed by atoms with Crippen LogP contribution in [0.25, 0.3) is 0 Å². The molecule has 0 radical (unpaired) electrons. The minimum atomic E-state index is 0.120. The van der Waals surface area contributed by atoms with E-state index >= 15 is 0 Å². The first-order valence-electron chi connectivity index (χ1n) is 6.39. The highest BCUT2D eigenvalue weighted by molar-refractivity contribution is 7.11. The fraction of sp³-hybridized carbons (Fsp3) is 0.400. The Morgan fingerprint density at radius 2 is 2.16 bits per heavy atom. The van der Waals surface area contributed by atoms with Crippen LogP contribution in [0.5, 0.6) is 0 Å². The Kier molecular flexibility index (Phi) is 4.56. The highest BCUT2D eigenvalue weighted by atomic mass is 32.1. The monoisotopic (exact) mass is 276 g/mol. The SMILES string of the molecule is CO[C@@H](C)c1cccc(NCc2sc(C)nc2C)c1. The summed E-state index contributed by atoms with van der Waals surface area (Å²) >= 11 is 1.75. The number of rotatable bonds is 5. The molecule has 0 aliphatic rings. The number of aromatic nitrogens is 1. The summed E-state index contributed by atoms with van der Waals surface area (Å²) in [5, 5.41) is 4.57. The molecule has 0 saturated heterocycles. The lowest BCUT2D eigenvalue weighted by molar-refractivity contribution is 0.119. The van der Waals surface area contributed by atoms with Crippen molar-refractivity contribution in [3.63, 3.8) is 0 Å². The minimum Gasteiger partial charge on any atom is -0.380 e. The molecule has 3 nitrogen and oxygen atoms in total. The number of ether oxygens (including phenoxy) is 1. The van der Waals surface area contributed by atoms with Gasteiger partial charge in [-0.2, -0.15) is 0 Å². The van der Waals surface area contributed by atoms with E-state index in [0.29, 0.717) is 0 Å². The summed E-state index contributed by atoms with van der Waals surface area (Å²) in [6.45, 7) is 6.98. The minimum absolute atomic E-state index is 0.120. The standard InChI is InChI=1S/C15H20N2OS/c1-10-15(19-12(3)17-10)9-16-14-7-5-6-13(8-14)11(2)18-4/h5-8,11,16H,9H2,1-4H3/t11-/m0/s1. The van der Waals surface area contributed by atoms with Gasteiger partial charge in [0.1, 0.15) is 0 Å². The summed E-state index contributed by atoms with van der Waals surface area (Å²) in [7, 11) is 1.73. The van der Waals surface area contributed by atoms with Gasteiger partial charge in [0.2, 0.25) is 0 Å². The van der Waals surface area contributed by atoms with Crippen molar-refractivity contribution in [2.24, 2.45) is 0 Å². The Labute approximate surface area is 118 Å². The van der Waals surface area contributed by atoms with Gasteiger partial charge in [0.15, 0.2) is 0 Å². The summed E-state index contributed by atoms with van der Waals surface area (Å²) in [5.74, 6) is 0. The molecule has 0 amide bonds. The smallest absolute Gasteiger partial charge is 0.0900 e. The third kappa shape index (κ3) is 3.55. The zero-order valence-corrected chi connectivity index (χ0v) is 12.7. The topological polar surface area (TPSA) is 34.1 Å². The van der Waals surface area contributed by atoms with Crippen molar-refractivity contribution in [2.45, 2.75) is 33.4 Å². The van der Waals surface area contributed by atoms with Gasteiger partial charge in [-0.05, 0) is 38.5 Å². The molecule has 0 aliphatic carbocycles. The molecule has 0 spiro atoms. The van der Waals surface area contributed by atoms with Crippen molar-refractivity contribution in [1.29, 1.82) is 0 Å². The Hall–Kier alpha value is -1.39. The van der Waals surface area contributed by atoms with E-state index in [9.17, 15) is 0 Å². The maximum atomic E-state index is 5.34. The molecule has 0 aliphatic heterocycles. The van der Waals surface area contributed by atoms with Crippen LogP contribution in [0, 0.1) is 13.8 Å². The molecule has 4 heteroatoms. The van der Waals surface area contributed by atoms with Gasteiger partial charge in [-0.3, -0.25) is 0 Å². The fourth-order valence-corrected chi connectivity index (χ4v) is 2.83. The van der Waals surface area contributed by atoms with Gasteiger partial charge in [0.25, 0.3) is 0 Å². The maximum absolute atomic E-state index is 5.34. The number of hydrogen-bond donors (Lipinski definition) is 1. The first-order valence-corrected chi connectivity index (χ1v) is 7.21. The fourth-order valence-electron chi connectivity index (χ4n) is 1.96. The number of benzene rings is 1. The molecule has 1 aromatic carbocycles. The van der Waals surface area contributed by atoms with Crippen molar-refractivity contribution in [3.8, 4) is 0 Å². The van der Waals surface area contributed by atoms with Crippen LogP contribution in [0.3, 0.4) is 0 Å². The molecule has 1 N–H and O–H groups in total. The lowest BCUT2D eigenvalue weighted by Crippen LogP contribution is -2.01. The van der Waals surface area contributed by atoms with Crippen molar-refractivity contribution in [2.75, 3.05) is 12.4 Å². The molecule has 0 unspecified atom stereocenters. The van der Waals surface area contributed by atoms with Crippen LogP contribution < -0.4 is 5.32 Å². The summed E-state index contributed by atoms with van der Waals surface area (Å²) in [4.78, 5) is 5.74. The molecule has 2 aromatic rings. The second-order valence-electron chi connectivity index (χ2n) is 4.60. The summed E-state index contributed by atoms with van der Waals surface area (Å²) in [5.41, 5.74) is 3.42. The van der Waals surface area contributed by atoms with Crippen molar-refractivity contribution in [1.82, 2.24) is 4.98 Å². The predicted octanol–water partition coefficient (Wildman–Crippen LogP) is 4.08. The third-order valence-corrected chi connectivity index (χ3v) is 4.24. The molecule has 19 heavy (non-hydrogen) atoms. The molecule has 0 fully saturated rings. The van der Waals surface area contributed by atoms with Crippen molar-refractivity contribution >= 4 is 17.0 Å². The number of nitrogens with zero attached hydrogens (tertiary/aromatic N) is 1. The number of thiazole rings is 1. The van der Waals surface area contributed by atoms with E-state index in [-0.39, 0.29) is 6.10 Å². The zero-order valence-electron chi connectivity index (χ0n) is 11.9. The van der Waals surface area contributed by atoms with Gasteiger partial charge in [-0.25, -0.2) is 4.98 Å². The van der Waals surface area contributed by atoms with Gasteiger partial charge in [-0.1, -0.05) is 12.1 Å². The molecule has 102 valence electrons. The molecular formula is C15H20N2OS. The van der Waals surface area contributed by atoms with Crippen molar-refractivity contribution < 1.29 is 4.74 Å². The molecule has 1 atom stereocenters. The Balaban J connectivity index is 2.05. The van der Waals surface area contributed by atoms with Crippen LogP contribution in [0.1, 0.15) is 34.2 Å². The quantitative estimate of drug-likeness (QED) is 0.893. The largest absolute Gasteiger partial charge is 0.380 e. The van der Waals surface area contributed by atoms with E-state index in [2.05, 4.69) is 48.4 Å². The van der Waals surface area contributed by atoms with Gasteiger partial charge >= 0.3 is 0 Å². The van der Waals surface area contributed by atoms with Gasteiger partial charge in [-0.15, -0.1) is 11.3 Å². The average Bonchev–Trinajstić information content (AvgIpc) is 2.74. The van der Waals surface area contributed by atoms with Crippen LogP contribution in [0.2, 0.25) is 0 Å². The molecule has 0 bridgehead atoms. The number of methoxy groups -OCH3 is 1. The van der Waals surface area contributed by atoms with E-state index in [1.807, 2.05) is 6.92 Å². The molecule has 0 saturated carbocycles. The van der Waals surface area contributed by atoms with Crippen LogP contribution in [0.4, 0.5) is 5.69 Å². The number of nitrogens with one attached hydrogen (secondary N) is 1. The lowest BCUT2D eigenvalue weighted by atomic mass is 10.1. The first-order chi connectivity index (χ1) is 9.10. The van der Waals surface area contributed by atoms with E-state index in [1.165, 1.54) is 10.4 Å². The third-order valence-electron chi connectivity index (χ3n) is 3.16. The summed E-state index contributed by atoms with van der Waals surface area (Å²) in [6, 6.07) is 8.35. The lowest BCUT2D eigenvalue weighted by Gasteiger charge is -2.12. The van der Waals surface area contributed by atoms with E-state index in [0.717, 1.165) is 22.9 Å². The molecule has 1 heterocycles. The van der Waals surface area contributed by atoms with Crippen LogP contribution in [-0.2, 0) is 11.3 Å². The van der Waals surface area contributed by atoms with E-state index in [4.69, 9.17) is 4.74 Å². The van der Waals surface area contributed by atoms with Crippen LogP contribution in [-0.4, -0.2) is 12.1 Å². The summed E-state index contributed by atoms with van der Waals surface area (Å²) in [6.07, 6.45) is 0.120. The predicted molar refractivity (Wildman–Crippen MR) is 80.8 cm³/mol. The number of hydrogen-bond acceptors (Lipinski definition) is 4. The molecule has 2 rings (SSSR count). The Bertz CT molecular complexity index is 551. The Morgan fingerprint density at radius 1 is 1.37 bits per heavy atom. The number of anilines is 1. The van der Waals surface area contributed by atoms with E-state index < -0.39 is 0 Å². The van der Waals surface area contributed by atoms with Crippen LogP contribution in [0.15, 0.2) is 24.3 Å². The molecule has 1 aromatic heterocycles. The van der Waals surface area contributed by atoms with Gasteiger partial charge in [0.05, 0.1) is 23.4 Å². The summed E-state index contributed by atoms with van der Waals surface area (Å²) < 4.78 is 5.34. The second-order valence-corrected chi connectivity index (χ2v) is 5.89.